The molecule has 0 saturated heterocycles. The zero-order valence-corrected chi connectivity index (χ0v) is 15.7. The van der Waals surface area contributed by atoms with Gasteiger partial charge in [0.25, 0.3) is 5.91 Å². The van der Waals surface area contributed by atoms with Crippen molar-refractivity contribution in [2.45, 2.75) is 32.2 Å². The molecule has 6 nitrogen and oxygen atoms in total. The molecule has 0 unspecified atom stereocenters. The molecular formula is C21H24N4O2. The number of nitrogens with one attached hydrogen (secondary N) is 1. The van der Waals surface area contributed by atoms with Gasteiger partial charge >= 0.3 is 0 Å². The number of anilines is 1. The third-order valence-corrected chi connectivity index (χ3v) is 5.50. The van der Waals surface area contributed by atoms with E-state index in [1.54, 1.807) is 6.92 Å². The molecule has 0 saturated carbocycles. The summed E-state index contributed by atoms with van der Waals surface area (Å²) < 4.78 is 0. The van der Waals surface area contributed by atoms with Crippen molar-refractivity contribution in [3.63, 3.8) is 0 Å². The smallest absolute Gasteiger partial charge is 0.250 e. The highest BCUT2D eigenvalue weighted by Gasteiger charge is 2.45. The number of hydrogen-bond donors (Lipinski definition) is 1. The highest BCUT2D eigenvalue weighted by molar-refractivity contribution is 6.09. The number of allylic oxidation sites excluding steroid dienone is 2. The van der Waals surface area contributed by atoms with Crippen LogP contribution in [0.1, 0.15) is 25.8 Å². The molecule has 2 amide bonds. The van der Waals surface area contributed by atoms with Gasteiger partial charge in [-0.2, -0.15) is 4.99 Å². The van der Waals surface area contributed by atoms with Crippen molar-refractivity contribution < 1.29 is 9.59 Å². The Balaban J connectivity index is 1.42. The van der Waals surface area contributed by atoms with Gasteiger partial charge in [0.15, 0.2) is 0 Å². The Morgan fingerprint density at radius 1 is 1.33 bits per heavy atom. The molecule has 0 bridgehead atoms. The highest BCUT2D eigenvalue weighted by Crippen LogP contribution is 2.29. The quantitative estimate of drug-likeness (QED) is 0.888. The van der Waals surface area contributed by atoms with E-state index in [4.69, 9.17) is 0 Å². The summed E-state index contributed by atoms with van der Waals surface area (Å²) in [5.41, 5.74) is 2.66. The average molecular weight is 364 g/mol. The summed E-state index contributed by atoms with van der Waals surface area (Å²) in [5, 5.41) is 3.03. The molecule has 6 heteroatoms. The van der Waals surface area contributed by atoms with Crippen molar-refractivity contribution in [1.82, 2.24) is 10.2 Å². The number of amides is 2. The Hall–Kier alpha value is -2.89. The number of nitrogens with zero attached hydrogens (tertiary/aromatic N) is 3. The minimum absolute atomic E-state index is 0.0755. The molecule has 4 rings (SSSR count). The van der Waals surface area contributed by atoms with E-state index in [9.17, 15) is 9.59 Å². The maximum Gasteiger partial charge on any atom is 0.250 e. The number of hydrogen-bond acceptors (Lipinski definition) is 4. The summed E-state index contributed by atoms with van der Waals surface area (Å²) in [6, 6.07) is 8.39. The van der Waals surface area contributed by atoms with Gasteiger partial charge in [0.05, 0.1) is 6.42 Å². The van der Waals surface area contributed by atoms with Crippen molar-refractivity contribution in [3.05, 3.63) is 53.8 Å². The third-order valence-electron chi connectivity index (χ3n) is 5.50. The minimum atomic E-state index is -0.954. The molecule has 0 radical (unpaired) electrons. The lowest BCUT2D eigenvalue weighted by Crippen LogP contribution is -2.60. The van der Waals surface area contributed by atoms with Crippen molar-refractivity contribution in [2.75, 3.05) is 24.5 Å². The van der Waals surface area contributed by atoms with Crippen molar-refractivity contribution >= 4 is 23.3 Å². The largest absolute Gasteiger partial charge is 0.369 e. The zero-order valence-electron chi connectivity index (χ0n) is 15.7. The van der Waals surface area contributed by atoms with Gasteiger partial charge in [0.2, 0.25) is 5.91 Å². The van der Waals surface area contributed by atoms with Crippen molar-refractivity contribution in [1.29, 1.82) is 0 Å². The van der Waals surface area contributed by atoms with Gasteiger partial charge in [-0.3, -0.25) is 9.59 Å². The minimum Gasteiger partial charge on any atom is -0.369 e. The van der Waals surface area contributed by atoms with E-state index in [1.165, 1.54) is 11.3 Å². The molecule has 1 aromatic rings. The number of para-hydroxylation sites is 1. The van der Waals surface area contributed by atoms with Crippen LogP contribution in [0, 0.1) is 0 Å². The fourth-order valence-electron chi connectivity index (χ4n) is 3.96. The second kappa shape index (κ2) is 6.68. The van der Waals surface area contributed by atoms with Crippen LogP contribution in [0.2, 0.25) is 0 Å². The standard InChI is InChI=1S/C21H24N4O2/c1-15-7-11-25-18(13-15)23-19(26)14-21(25,2)20(27)22-9-12-24-10-8-16-5-3-4-6-17(16)24/h3-7,11,13H,8-10,12,14H2,1-2H3,(H,22,27)/t21-/m1/s1. The van der Waals surface area contributed by atoms with E-state index in [2.05, 4.69) is 33.4 Å². The zero-order chi connectivity index (χ0) is 19.0. The van der Waals surface area contributed by atoms with Crippen LogP contribution in [0.15, 0.2) is 53.2 Å². The normalized spacial score (nSPS) is 23.6. The van der Waals surface area contributed by atoms with Crippen LogP contribution in [0.3, 0.4) is 0 Å². The molecule has 3 aliphatic heterocycles. The van der Waals surface area contributed by atoms with Crippen LogP contribution in [-0.2, 0) is 16.0 Å². The Bertz CT molecular complexity index is 886. The van der Waals surface area contributed by atoms with Crippen LogP contribution in [0.5, 0.6) is 0 Å². The van der Waals surface area contributed by atoms with Crippen LogP contribution < -0.4 is 10.2 Å². The lowest BCUT2D eigenvalue weighted by Gasteiger charge is -2.42. The maximum absolute atomic E-state index is 13.0. The fraction of sp³-hybridized carbons (Fsp3) is 0.381. The molecule has 1 atom stereocenters. The molecule has 1 N–H and O–H groups in total. The van der Waals surface area contributed by atoms with E-state index in [-0.39, 0.29) is 18.2 Å². The SMILES string of the molecule is CC1=CC2=NC(=O)C[C@](C)(C(=O)NCCN3CCc4ccccc43)N2C=C1. The summed E-state index contributed by atoms with van der Waals surface area (Å²) in [6.45, 7) is 6.01. The average Bonchev–Trinajstić information content (AvgIpc) is 3.04. The van der Waals surface area contributed by atoms with E-state index in [0.717, 1.165) is 25.1 Å². The number of benzene rings is 1. The van der Waals surface area contributed by atoms with Crippen LogP contribution in [-0.4, -0.2) is 47.7 Å². The molecule has 3 heterocycles. The topological polar surface area (TPSA) is 65.0 Å². The Morgan fingerprint density at radius 3 is 3.00 bits per heavy atom. The highest BCUT2D eigenvalue weighted by atomic mass is 16.2. The lowest BCUT2D eigenvalue weighted by molar-refractivity contribution is -0.134. The van der Waals surface area contributed by atoms with E-state index < -0.39 is 5.54 Å². The number of amidine groups is 1. The molecular weight excluding hydrogens is 340 g/mol. The van der Waals surface area contributed by atoms with Crippen molar-refractivity contribution in [2.24, 2.45) is 4.99 Å². The Kier molecular flexibility index (Phi) is 4.34. The molecule has 140 valence electrons. The summed E-state index contributed by atoms with van der Waals surface area (Å²) in [6.07, 6.45) is 6.73. The fourth-order valence-corrected chi connectivity index (χ4v) is 3.96. The third kappa shape index (κ3) is 3.16. The molecule has 0 spiro atoms. The maximum atomic E-state index is 13.0. The first-order valence-corrected chi connectivity index (χ1v) is 9.36. The number of carbonyl (C=O) groups excluding carboxylic acids is 2. The van der Waals surface area contributed by atoms with Gasteiger partial charge in [-0.15, -0.1) is 0 Å². The van der Waals surface area contributed by atoms with Gasteiger partial charge in [0, 0.05) is 31.5 Å². The number of aliphatic imine (C=N–C) groups is 1. The molecule has 3 aliphatic rings. The van der Waals surface area contributed by atoms with Gasteiger partial charge in [-0.1, -0.05) is 18.2 Å². The summed E-state index contributed by atoms with van der Waals surface area (Å²) >= 11 is 0. The van der Waals surface area contributed by atoms with Gasteiger partial charge < -0.3 is 15.1 Å². The molecule has 0 fully saturated rings. The van der Waals surface area contributed by atoms with Crippen molar-refractivity contribution in [3.8, 4) is 0 Å². The predicted octanol–water partition coefficient (Wildman–Crippen LogP) is 2.03. The predicted molar refractivity (Wildman–Crippen MR) is 106 cm³/mol. The van der Waals surface area contributed by atoms with E-state index in [1.807, 2.05) is 36.2 Å². The second-order valence-corrected chi connectivity index (χ2v) is 7.51. The number of carbonyl (C=O) groups is 2. The van der Waals surface area contributed by atoms with Crippen LogP contribution in [0.25, 0.3) is 0 Å². The number of fused-ring (bicyclic) bond motifs is 2. The Morgan fingerprint density at radius 2 is 2.15 bits per heavy atom. The number of rotatable bonds is 4. The van der Waals surface area contributed by atoms with Gasteiger partial charge in [-0.25, -0.2) is 0 Å². The van der Waals surface area contributed by atoms with Gasteiger partial charge in [-0.05, 0) is 49.6 Å². The van der Waals surface area contributed by atoms with E-state index in [0.29, 0.717) is 12.4 Å². The lowest BCUT2D eigenvalue weighted by atomic mass is 9.90. The summed E-state index contributed by atoms with van der Waals surface area (Å²) in [7, 11) is 0. The molecule has 0 aromatic heterocycles. The molecule has 0 aliphatic carbocycles. The summed E-state index contributed by atoms with van der Waals surface area (Å²) in [5.74, 6) is 0.137. The Labute approximate surface area is 159 Å². The molecule has 1 aromatic carbocycles. The monoisotopic (exact) mass is 364 g/mol. The first-order valence-electron chi connectivity index (χ1n) is 9.36. The first-order chi connectivity index (χ1) is 13.0. The molecule has 27 heavy (non-hydrogen) atoms. The second-order valence-electron chi connectivity index (χ2n) is 7.51. The van der Waals surface area contributed by atoms with Crippen LogP contribution >= 0.6 is 0 Å². The first kappa shape index (κ1) is 17.5. The van der Waals surface area contributed by atoms with Gasteiger partial charge in [0.1, 0.15) is 11.4 Å². The summed E-state index contributed by atoms with van der Waals surface area (Å²) in [4.78, 5) is 33.3. The van der Waals surface area contributed by atoms with E-state index >= 15 is 0 Å². The van der Waals surface area contributed by atoms with Crippen LogP contribution in [0.4, 0.5) is 5.69 Å².